The van der Waals surface area contributed by atoms with E-state index in [-0.39, 0.29) is 0 Å². The fourth-order valence-electron chi connectivity index (χ4n) is 3.55. The first-order valence-corrected chi connectivity index (χ1v) is 16.5. The molecule has 2 heterocycles. The Morgan fingerprint density at radius 1 is 0.909 bits per heavy atom. The molecule has 0 saturated carbocycles. The molecule has 0 aliphatic carbocycles. The van der Waals surface area contributed by atoms with Crippen molar-refractivity contribution in [2.24, 2.45) is 0 Å². The van der Waals surface area contributed by atoms with Crippen LogP contribution in [0, 0.1) is 0 Å². The second-order valence-electron chi connectivity index (χ2n) is 6.53. The quantitative estimate of drug-likeness (QED) is 0.530. The van der Waals surface area contributed by atoms with E-state index in [1.54, 1.807) is 10.0 Å². The average molecular weight is 408 g/mol. The summed E-state index contributed by atoms with van der Waals surface area (Å²) in [5.74, 6) is 0. The normalized spacial score (nSPS) is 12.1. The second-order valence-corrected chi connectivity index (χ2v) is 19.6. The van der Waals surface area contributed by atoms with Crippen molar-refractivity contribution in [1.82, 2.24) is 14.6 Å². The molecule has 4 heteroatoms. The summed E-state index contributed by atoms with van der Waals surface area (Å²) in [6.07, 6.45) is 9.80. The van der Waals surface area contributed by atoms with E-state index in [0.717, 1.165) is 5.65 Å². The Morgan fingerprint density at radius 3 is 2.05 bits per heavy atom. The molecule has 0 N–H and O–H groups in total. The Bertz CT molecular complexity index is 542. The summed E-state index contributed by atoms with van der Waals surface area (Å²) in [4.78, 5) is 4.42. The zero-order chi connectivity index (χ0) is 15.8. The van der Waals surface area contributed by atoms with E-state index in [9.17, 15) is 0 Å². The maximum atomic E-state index is 4.57. The van der Waals surface area contributed by atoms with Crippen molar-refractivity contribution in [2.45, 2.75) is 72.6 Å². The third-order valence-electron chi connectivity index (χ3n) is 4.87. The van der Waals surface area contributed by atoms with E-state index in [1.807, 2.05) is 0 Å². The molecule has 0 aliphatic rings. The first-order chi connectivity index (χ1) is 10.8. The van der Waals surface area contributed by atoms with Gasteiger partial charge in [0.2, 0.25) is 0 Å². The molecule has 0 fully saturated rings. The molecule has 0 aromatic carbocycles. The van der Waals surface area contributed by atoms with Gasteiger partial charge < -0.3 is 0 Å². The van der Waals surface area contributed by atoms with Gasteiger partial charge in [-0.2, -0.15) is 0 Å². The summed E-state index contributed by atoms with van der Waals surface area (Å²) in [6, 6.07) is 6.67. The Kier molecular flexibility index (Phi) is 7.19. The predicted octanol–water partition coefficient (Wildman–Crippen LogP) is 4.79. The fraction of sp³-hybridized carbons (Fsp3) is 0.667. The van der Waals surface area contributed by atoms with Gasteiger partial charge in [0.25, 0.3) is 0 Å². The number of fused-ring (bicyclic) bond motifs is 1. The number of hydrogen-bond donors (Lipinski definition) is 0. The molecule has 2 aromatic heterocycles. The zero-order valence-electron chi connectivity index (χ0n) is 14.5. The van der Waals surface area contributed by atoms with Gasteiger partial charge in [-0.25, -0.2) is 0 Å². The summed E-state index contributed by atoms with van der Waals surface area (Å²) in [5, 5.41) is 4.57. The topological polar surface area (TPSA) is 30.2 Å². The van der Waals surface area contributed by atoms with Crippen molar-refractivity contribution in [2.75, 3.05) is 0 Å². The Labute approximate surface area is 139 Å². The molecule has 0 atom stereocenters. The van der Waals surface area contributed by atoms with Gasteiger partial charge in [-0.1, -0.05) is 0 Å². The Morgan fingerprint density at radius 2 is 1.50 bits per heavy atom. The van der Waals surface area contributed by atoms with Crippen LogP contribution >= 0.6 is 0 Å². The van der Waals surface area contributed by atoms with Crippen LogP contribution in [-0.2, 0) is 0 Å². The van der Waals surface area contributed by atoms with Gasteiger partial charge in [0.15, 0.2) is 0 Å². The van der Waals surface area contributed by atoms with Crippen molar-refractivity contribution in [1.29, 1.82) is 0 Å². The predicted molar refractivity (Wildman–Crippen MR) is 97.5 cm³/mol. The van der Waals surface area contributed by atoms with Crippen molar-refractivity contribution < 1.29 is 0 Å². The molecule has 0 spiro atoms. The van der Waals surface area contributed by atoms with Crippen LogP contribution in [-0.4, -0.2) is 33.0 Å². The molecule has 0 radical (unpaired) electrons. The summed E-state index contributed by atoms with van der Waals surface area (Å²) < 4.78 is 8.19. The van der Waals surface area contributed by atoms with Crippen LogP contribution < -0.4 is 3.71 Å². The average Bonchev–Trinajstić information content (AvgIpc) is 3.03. The number of aromatic nitrogens is 3. The molecule has 0 bridgehead atoms. The van der Waals surface area contributed by atoms with Gasteiger partial charge in [0.1, 0.15) is 0 Å². The van der Waals surface area contributed by atoms with E-state index in [1.165, 1.54) is 51.8 Å². The van der Waals surface area contributed by atoms with E-state index in [0.29, 0.717) is 0 Å². The first-order valence-electron chi connectivity index (χ1n) is 9.06. The molecule has 2 rings (SSSR count). The Hall–Kier alpha value is -0.581. The molecule has 0 aliphatic heterocycles. The summed E-state index contributed by atoms with van der Waals surface area (Å²) in [6.45, 7) is 6.98. The van der Waals surface area contributed by atoms with E-state index < -0.39 is 18.4 Å². The molecule has 122 valence electrons. The van der Waals surface area contributed by atoms with Crippen LogP contribution in [0.25, 0.3) is 5.65 Å². The first kappa shape index (κ1) is 17.8. The molecular weight excluding hydrogens is 377 g/mol. The van der Waals surface area contributed by atoms with Crippen LogP contribution in [0.2, 0.25) is 13.3 Å². The van der Waals surface area contributed by atoms with Crippen LogP contribution in [0.3, 0.4) is 0 Å². The molecule has 0 saturated heterocycles. The monoisotopic (exact) mass is 409 g/mol. The summed E-state index contributed by atoms with van der Waals surface area (Å²) >= 11 is -2.40. The van der Waals surface area contributed by atoms with Gasteiger partial charge in [-0.3, -0.25) is 0 Å². The number of unbranched alkanes of at least 4 members (excludes halogenated alkanes) is 3. The maximum absolute atomic E-state index is 4.57. The van der Waals surface area contributed by atoms with E-state index in [2.05, 4.69) is 53.6 Å². The number of rotatable bonds is 10. The van der Waals surface area contributed by atoms with Crippen LogP contribution in [0.15, 0.2) is 24.5 Å². The molecule has 0 amide bonds. The van der Waals surface area contributed by atoms with E-state index in [4.69, 9.17) is 0 Å². The van der Waals surface area contributed by atoms with Gasteiger partial charge in [-0.15, -0.1) is 0 Å². The van der Waals surface area contributed by atoms with Gasteiger partial charge in [0.05, 0.1) is 0 Å². The minimum absolute atomic E-state index is 1.03. The molecule has 2 aromatic rings. The molecular formula is C18H31N3Sn. The third kappa shape index (κ3) is 4.03. The molecule has 3 nitrogen and oxygen atoms in total. The van der Waals surface area contributed by atoms with E-state index >= 15 is 0 Å². The minimum atomic E-state index is -2.40. The van der Waals surface area contributed by atoms with Crippen molar-refractivity contribution in [3.05, 3.63) is 24.5 Å². The Balaban J connectivity index is 2.45. The zero-order valence-corrected chi connectivity index (χ0v) is 17.4. The number of hydrogen-bond acceptors (Lipinski definition) is 2. The SMILES string of the molecule is CCC[CH2][Sn]([CH2]CCC)([CH2]CCC)[c]1cccc2ncnn12. The fourth-order valence-corrected chi connectivity index (χ4v) is 19.8. The molecule has 0 unspecified atom stereocenters. The van der Waals surface area contributed by atoms with Crippen molar-refractivity contribution in [3.63, 3.8) is 0 Å². The standard InChI is InChI=1S/C6H4N3.3C4H9.Sn/c1-2-4-9-6(3-1)7-5-8-9;3*1-3-4-2;/h1-3,5H;3*1,3-4H2,2H3;. The van der Waals surface area contributed by atoms with Crippen LogP contribution in [0.4, 0.5) is 0 Å². The van der Waals surface area contributed by atoms with Gasteiger partial charge in [-0.05, 0) is 0 Å². The second kappa shape index (κ2) is 8.90. The number of nitrogens with zero attached hydrogens (tertiary/aromatic N) is 3. The van der Waals surface area contributed by atoms with Gasteiger partial charge >= 0.3 is 139 Å². The van der Waals surface area contributed by atoms with Crippen molar-refractivity contribution in [3.8, 4) is 0 Å². The summed E-state index contributed by atoms with van der Waals surface area (Å²) in [7, 11) is 0. The molecule has 22 heavy (non-hydrogen) atoms. The van der Waals surface area contributed by atoms with Crippen LogP contribution in [0.1, 0.15) is 59.3 Å². The van der Waals surface area contributed by atoms with Gasteiger partial charge in [0, 0.05) is 0 Å². The van der Waals surface area contributed by atoms with Crippen molar-refractivity contribution >= 4 is 27.7 Å². The van der Waals surface area contributed by atoms with Crippen LogP contribution in [0.5, 0.6) is 0 Å². The third-order valence-corrected chi connectivity index (χ3v) is 20.3. The number of pyridine rings is 1. The summed E-state index contributed by atoms with van der Waals surface area (Å²) in [5.41, 5.74) is 1.03.